The molecular formula is C23H39NOS. The van der Waals surface area contributed by atoms with Gasteiger partial charge in [0, 0.05) is 5.69 Å². The van der Waals surface area contributed by atoms with Crippen molar-refractivity contribution < 1.29 is 5.11 Å². The number of thiocarbonyl (C=S) groups is 1. The van der Waals surface area contributed by atoms with Crippen molar-refractivity contribution in [3.63, 3.8) is 0 Å². The molecule has 0 aliphatic heterocycles. The monoisotopic (exact) mass is 377 g/mol. The van der Waals surface area contributed by atoms with E-state index in [1.54, 1.807) is 0 Å². The summed E-state index contributed by atoms with van der Waals surface area (Å²) in [6, 6.07) is 10.1. The smallest absolute Gasteiger partial charge is 0.0797 e. The highest BCUT2D eigenvalue weighted by Gasteiger charge is 2.25. The molecule has 1 aromatic rings. The molecule has 4 atom stereocenters. The first kappa shape index (κ1) is 23.1. The lowest BCUT2D eigenvalue weighted by Crippen LogP contribution is -2.30. The van der Waals surface area contributed by atoms with Crippen molar-refractivity contribution in [2.75, 3.05) is 5.32 Å². The van der Waals surface area contributed by atoms with Gasteiger partial charge in [0.05, 0.1) is 11.1 Å². The van der Waals surface area contributed by atoms with Crippen LogP contribution in [0.2, 0.25) is 0 Å². The van der Waals surface area contributed by atoms with E-state index in [1.165, 1.54) is 32.1 Å². The van der Waals surface area contributed by atoms with Crippen LogP contribution in [0.5, 0.6) is 0 Å². The minimum absolute atomic E-state index is 0.216. The van der Waals surface area contributed by atoms with Gasteiger partial charge in [0.1, 0.15) is 0 Å². The number of aliphatic hydroxyl groups is 1. The van der Waals surface area contributed by atoms with E-state index in [-0.39, 0.29) is 6.10 Å². The zero-order valence-electron chi connectivity index (χ0n) is 17.2. The van der Waals surface area contributed by atoms with E-state index in [9.17, 15) is 5.11 Å². The molecule has 0 radical (unpaired) electrons. The Labute approximate surface area is 166 Å². The molecule has 0 aliphatic carbocycles. The minimum atomic E-state index is -0.216. The molecule has 0 amide bonds. The lowest BCUT2D eigenvalue weighted by molar-refractivity contribution is 0.0358. The second-order valence-corrected chi connectivity index (χ2v) is 8.45. The zero-order chi connectivity index (χ0) is 19.4. The minimum Gasteiger partial charge on any atom is -0.393 e. The molecule has 0 saturated heterocycles. The molecule has 0 fully saturated rings. The summed E-state index contributed by atoms with van der Waals surface area (Å²) >= 11 is 5.48. The maximum Gasteiger partial charge on any atom is 0.0797 e. The number of unbranched alkanes of at least 4 members (excludes halogenated alkanes) is 4. The molecule has 1 aromatic carbocycles. The summed E-state index contributed by atoms with van der Waals surface area (Å²) in [6.45, 7) is 8.88. The van der Waals surface area contributed by atoms with Gasteiger partial charge in [-0.1, -0.05) is 90.2 Å². The highest BCUT2D eigenvalue weighted by Crippen LogP contribution is 2.27. The summed E-state index contributed by atoms with van der Waals surface area (Å²) in [6.07, 6.45) is 9.29. The fraction of sp³-hybridized carbons (Fsp3) is 0.696. The van der Waals surface area contributed by atoms with Crippen molar-refractivity contribution in [2.24, 2.45) is 17.8 Å². The van der Waals surface area contributed by atoms with Gasteiger partial charge in [0.25, 0.3) is 0 Å². The number of nitrogens with one attached hydrogen (secondary N) is 1. The lowest BCUT2D eigenvalue weighted by atomic mass is 9.81. The number of hydrogen-bond donors (Lipinski definition) is 2. The Balaban J connectivity index is 2.29. The lowest BCUT2D eigenvalue weighted by Gasteiger charge is -2.29. The summed E-state index contributed by atoms with van der Waals surface area (Å²) in [5, 5.41) is 14.0. The summed E-state index contributed by atoms with van der Waals surface area (Å²) < 4.78 is 0. The van der Waals surface area contributed by atoms with Gasteiger partial charge < -0.3 is 10.4 Å². The Morgan fingerprint density at radius 3 is 2.27 bits per heavy atom. The van der Waals surface area contributed by atoms with Crippen molar-refractivity contribution in [2.45, 2.75) is 85.2 Å². The molecular weight excluding hydrogens is 338 g/mol. The fourth-order valence-electron chi connectivity index (χ4n) is 3.46. The third-order valence-corrected chi connectivity index (χ3v) is 5.97. The van der Waals surface area contributed by atoms with Crippen molar-refractivity contribution in [3.8, 4) is 0 Å². The summed E-state index contributed by atoms with van der Waals surface area (Å²) in [5.74, 6) is 1.15. The molecule has 0 heterocycles. The quantitative estimate of drug-likeness (QED) is 0.292. The van der Waals surface area contributed by atoms with Crippen LogP contribution in [0.1, 0.15) is 79.1 Å². The SMILES string of the molecule is CCCCCCCC(C)[C@H](O)C(C)C(C)CCC(=S)Nc1ccccc1. The highest BCUT2D eigenvalue weighted by atomic mass is 32.1. The van der Waals surface area contributed by atoms with Crippen molar-refractivity contribution in [1.29, 1.82) is 0 Å². The normalized spacial score (nSPS) is 15.9. The van der Waals surface area contributed by atoms with Gasteiger partial charge in [0.2, 0.25) is 0 Å². The average molecular weight is 378 g/mol. The maximum atomic E-state index is 10.7. The first-order valence-electron chi connectivity index (χ1n) is 10.5. The Morgan fingerprint density at radius 2 is 1.62 bits per heavy atom. The number of hydrogen-bond acceptors (Lipinski definition) is 2. The Morgan fingerprint density at radius 1 is 0.962 bits per heavy atom. The number of benzene rings is 1. The van der Waals surface area contributed by atoms with Crippen LogP contribution in [-0.2, 0) is 0 Å². The second kappa shape index (κ2) is 13.3. The fourth-order valence-corrected chi connectivity index (χ4v) is 3.70. The van der Waals surface area contributed by atoms with Gasteiger partial charge in [-0.15, -0.1) is 0 Å². The maximum absolute atomic E-state index is 10.7. The van der Waals surface area contributed by atoms with Crippen LogP contribution >= 0.6 is 12.2 Å². The number of rotatable bonds is 13. The van der Waals surface area contributed by atoms with Crippen molar-refractivity contribution in [3.05, 3.63) is 30.3 Å². The van der Waals surface area contributed by atoms with E-state index in [2.05, 4.69) is 33.0 Å². The third kappa shape index (κ3) is 9.14. The predicted molar refractivity (Wildman–Crippen MR) is 119 cm³/mol. The van der Waals surface area contributed by atoms with E-state index in [0.29, 0.717) is 17.8 Å². The molecule has 2 nitrogen and oxygen atoms in total. The van der Waals surface area contributed by atoms with Crippen LogP contribution in [0.3, 0.4) is 0 Å². The van der Waals surface area contributed by atoms with Gasteiger partial charge in [-0.3, -0.25) is 0 Å². The number of para-hydroxylation sites is 1. The van der Waals surface area contributed by atoms with E-state index in [1.807, 2.05) is 30.3 Å². The standard InChI is InChI=1S/C23H39NOS/c1-5-6-7-8-10-13-19(3)23(25)20(4)18(2)16-17-22(26)24-21-14-11-9-12-15-21/h9,11-12,14-15,18-20,23,25H,5-8,10,13,16-17H2,1-4H3,(H,24,26)/t18?,19?,20?,23-/m0/s1. The van der Waals surface area contributed by atoms with E-state index < -0.39 is 0 Å². The Hall–Kier alpha value is -0.930. The van der Waals surface area contributed by atoms with Gasteiger partial charge in [0.15, 0.2) is 0 Å². The number of aliphatic hydroxyl groups excluding tert-OH is 1. The van der Waals surface area contributed by atoms with Gasteiger partial charge in [-0.25, -0.2) is 0 Å². The third-order valence-electron chi connectivity index (χ3n) is 5.67. The van der Waals surface area contributed by atoms with Gasteiger partial charge in [-0.2, -0.15) is 0 Å². The first-order chi connectivity index (χ1) is 12.5. The summed E-state index contributed by atoms with van der Waals surface area (Å²) in [7, 11) is 0. The molecule has 3 heteroatoms. The van der Waals surface area contributed by atoms with Crippen LogP contribution < -0.4 is 5.32 Å². The van der Waals surface area contributed by atoms with Crippen molar-refractivity contribution in [1.82, 2.24) is 0 Å². The van der Waals surface area contributed by atoms with Gasteiger partial charge >= 0.3 is 0 Å². The van der Waals surface area contributed by atoms with Crippen LogP contribution in [0, 0.1) is 17.8 Å². The van der Waals surface area contributed by atoms with Crippen LogP contribution in [0.25, 0.3) is 0 Å². The largest absolute Gasteiger partial charge is 0.393 e. The Bertz CT molecular complexity index is 490. The molecule has 0 bridgehead atoms. The second-order valence-electron chi connectivity index (χ2n) is 7.96. The first-order valence-corrected chi connectivity index (χ1v) is 10.9. The highest BCUT2D eigenvalue weighted by molar-refractivity contribution is 7.80. The van der Waals surface area contributed by atoms with Crippen LogP contribution in [-0.4, -0.2) is 16.2 Å². The zero-order valence-corrected chi connectivity index (χ0v) is 18.0. The molecule has 0 aromatic heterocycles. The summed E-state index contributed by atoms with van der Waals surface area (Å²) in [4.78, 5) is 0.883. The molecule has 0 saturated carbocycles. The molecule has 2 N–H and O–H groups in total. The van der Waals surface area contributed by atoms with Crippen LogP contribution in [0.4, 0.5) is 5.69 Å². The Kier molecular flexibility index (Phi) is 11.8. The van der Waals surface area contributed by atoms with Crippen LogP contribution in [0.15, 0.2) is 30.3 Å². The topological polar surface area (TPSA) is 32.3 Å². The van der Waals surface area contributed by atoms with E-state index in [0.717, 1.165) is 29.9 Å². The van der Waals surface area contributed by atoms with Gasteiger partial charge in [-0.05, 0) is 49.1 Å². The average Bonchev–Trinajstić information content (AvgIpc) is 2.65. The predicted octanol–water partition coefficient (Wildman–Crippen LogP) is 6.84. The van der Waals surface area contributed by atoms with E-state index in [4.69, 9.17) is 12.2 Å². The number of anilines is 1. The molecule has 3 unspecified atom stereocenters. The molecule has 148 valence electrons. The molecule has 0 aliphatic rings. The molecule has 26 heavy (non-hydrogen) atoms. The molecule has 1 rings (SSSR count). The van der Waals surface area contributed by atoms with E-state index >= 15 is 0 Å². The summed E-state index contributed by atoms with van der Waals surface area (Å²) in [5.41, 5.74) is 1.05. The van der Waals surface area contributed by atoms with Crippen molar-refractivity contribution >= 4 is 22.9 Å². The molecule has 0 spiro atoms.